The lowest BCUT2D eigenvalue weighted by atomic mass is 10.2. The number of nitrogens with zero attached hydrogens (tertiary/aromatic N) is 2. The maximum atomic E-state index is 13.3. The minimum atomic E-state index is -4.00. The molecule has 0 aromatic heterocycles. The van der Waals surface area contributed by atoms with Crippen LogP contribution in [-0.2, 0) is 14.8 Å². The van der Waals surface area contributed by atoms with E-state index in [1.165, 1.54) is 30.5 Å². The van der Waals surface area contributed by atoms with E-state index in [1.54, 1.807) is 24.3 Å². The van der Waals surface area contributed by atoms with E-state index in [1.807, 2.05) is 38.1 Å². The van der Waals surface area contributed by atoms with Crippen LogP contribution in [0.3, 0.4) is 0 Å². The molecule has 3 rings (SSSR count). The first-order chi connectivity index (χ1) is 14.8. The molecule has 0 bridgehead atoms. The van der Waals surface area contributed by atoms with Gasteiger partial charge in [0.1, 0.15) is 6.54 Å². The fourth-order valence-electron chi connectivity index (χ4n) is 2.76. The summed E-state index contributed by atoms with van der Waals surface area (Å²) in [5, 5.41) is 4.36. The standard InChI is InChI=1S/C23H22ClN3O3S/c1-17-3-7-19(8-4-17)15-25-26-23(28)16-27(21-11-5-18(2)6-12-21)31(29,30)22-13-9-20(24)10-14-22/h3-15H,16H2,1-2H3,(H,26,28)/b25-15-. The molecular formula is C23H22ClN3O3S. The van der Waals surface area contributed by atoms with Crippen molar-refractivity contribution in [3.05, 3.63) is 94.5 Å². The number of benzene rings is 3. The highest BCUT2D eigenvalue weighted by molar-refractivity contribution is 7.92. The van der Waals surface area contributed by atoms with Gasteiger partial charge in [-0.15, -0.1) is 0 Å². The van der Waals surface area contributed by atoms with E-state index in [-0.39, 0.29) is 4.90 Å². The molecule has 8 heteroatoms. The Kier molecular flexibility index (Phi) is 7.09. The highest BCUT2D eigenvalue weighted by Gasteiger charge is 2.27. The monoisotopic (exact) mass is 455 g/mol. The number of carbonyl (C=O) groups excluding carboxylic acids is 1. The summed E-state index contributed by atoms with van der Waals surface area (Å²) < 4.78 is 27.6. The van der Waals surface area contributed by atoms with Crippen LogP contribution in [0.5, 0.6) is 0 Å². The van der Waals surface area contributed by atoms with Crippen LogP contribution in [0.1, 0.15) is 16.7 Å². The predicted molar refractivity (Wildman–Crippen MR) is 124 cm³/mol. The van der Waals surface area contributed by atoms with Gasteiger partial charge in [0.05, 0.1) is 16.8 Å². The van der Waals surface area contributed by atoms with Gasteiger partial charge in [-0.05, 0) is 55.8 Å². The van der Waals surface area contributed by atoms with Crippen LogP contribution in [0.2, 0.25) is 5.02 Å². The Morgan fingerprint density at radius 2 is 1.48 bits per heavy atom. The first-order valence-electron chi connectivity index (χ1n) is 9.49. The zero-order valence-electron chi connectivity index (χ0n) is 17.1. The summed E-state index contributed by atoms with van der Waals surface area (Å²) in [7, 11) is -4.00. The quantitative estimate of drug-likeness (QED) is 0.426. The van der Waals surface area contributed by atoms with Crippen molar-refractivity contribution in [3.8, 4) is 0 Å². The van der Waals surface area contributed by atoms with Crippen LogP contribution < -0.4 is 9.73 Å². The van der Waals surface area contributed by atoms with Gasteiger partial charge in [0.15, 0.2) is 0 Å². The highest BCUT2D eigenvalue weighted by atomic mass is 35.5. The molecule has 3 aromatic rings. The number of rotatable bonds is 7. The summed E-state index contributed by atoms with van der Waals surface area (Å²) in [5.41, 5.74) is 5.67. The molecule has 1 amide bonds. The van der Waals surface area contributed by atoms with E-state index in [4.69, 9.17) is 11.6 Å². The van der Waals surface area contributed by atoms with Crippen molar-refractivity contribution in [2.24, 2.45) is 5.10 Å². The topological polar surface area (TPSA) is 78.8 Å². The van der Waals surface area contributed by atoms with E-state index in [0.29, 0.717) is 10.7 Å². The summed E-state index contributed by atoms with van der Waals surface area (Å²) >= 11 is 5.89. The Labute approximate surface area is 187 Å². The summed E-state index contributed by atoms with van der Waals surface area (Å²) in [6.07, 6.45) is 1.50. The van der Waals surface area contributed by atoms with Crippen molar-refractivity contribution in [2.45, 2.75) is 18.7 Å². The van der Waals surface area contributed by atoms with Crippen molar-refractivity contribution in [2.75, 3.05) is 10.8 Å². The second-order valence-corrected chi connectivity index (χ2v) is 9.30. The van der Waals surface area contributed by atoms with Gasteiger partial charge in [0, 0.05) is 5.02 Å². The SMILES string of the molecule is Cc1ccc(/C=N\NC(=O)CN(c2ccc(C)cc2)S(=O)(=O)c2ccc(Cl)cc2)cc1. The second-order valence-electron chi connectivity index (χ2n) is 7.01. The maximum absolute atomic E-state index is 13.3. The second kappa shape index (κ2) is 9.76. The lowest BCUT2D eigenvalue weighted by Gasteiger charge is -2.23. The normalized spacial score (nSPS) is 11.5. The smallest absolute Gasteiger partial charge is 0.264 e. The van der Waals surface area contributed by atoms with Crippen molar-refractivity contribution in [3.63, 3.8) is 0 Å². The van der Waals surface area contributed by atoms with Crippen molar-refractivity contribution >= 4 is 39.4 Å². The van der Waals surface area contributed by atoms with Crippen LogP contribution >= 0.6 is 11.6 Å². The van der Waals surface area contributed by atoms with E-state index in [9.17, 15) is 13.2 Å². The largest absolute Gasteiger partial charge is 0.271 e. The number of carbonyl (C=O) groups is 1. The Morgan fingerprint density at radius 1 is 0.935 bits per heavy atom. The van der Waals surface area contributed by atoms with Crippen LogP contribution in [-0.4, -0.2) is 27.1 Å². The Hall–Kier alpha value is -3.16. The third-order valence-electron chi connectivity index (χ3n) is 4.49. The number of aryl methyl sites for hydroxylation is 2. The van der Waals surface area contributed by atoms with Gasteiger partial charge in [-0.1, -0.05) is 59.1 Å². The van der Waals surface area contributed by atoms with Gasteiger partial charge in [-0.2, -0.15) is 5.10 Å². The molecule has 0 radical (unpaired) electrons. The molecular weight excluding hydrogens is 434 g/mol. The average Bonchev–Trinajstić information content (AvgIpc) is 2.74. The molecule has 0 aliphatic rings. The lowest BCUT2D eigenvalue weighted by Crippen LogP contribution is -2.39. The summed E-state index contributed by atoms with van der Waals surface area (Å²) in [6.45, 7) is 3.44. The molecule has 0 unspecified atom stereocenters. The fraction of sp³-hybridized carbons (Fsp3) is 0.130. The highest BCUT2D eigenvalue weighted by Crippen LogP contribution is 2.25. The molecule has 160 valence electrons. The van der Waals surface area contributed by atoms with Gasteiger partial charge >= 0.3 is 0 Å². The predicted octanol–water partition coefficient (Wildman–Crippen LogP) is 4.30. The van der Waals surface area contributed by atoms with Gasteiger partial charge in [0.2, 0.25) is 0 Å². The van der Waals surface area contributed by atoms with Crippen molar-refractivity contribution in [1.29, 1.82) is 0 Å². The molecule has 0 fully saturated rings. The van der Waals surface area contributed by atoms with Crippen LogP contribution in [0, 0.1) is 13.8 Å². The van der Waals surface area contributed by atoms with Crippen molar-refractivity contribution in [1.82, 2.24) is 5.43 Å². The summed E-state index contributed by atoms with van der Waals surface area (Å²) in [5.74, 6) is -0.568. The van der Waals surface area contributed by atoms with Gasteiger partial charge in [0.25, 0.3) is 15.9 Å². The first-order valence-corrected chi connectivity index (χ1v) is 11.3. The number of amides is 1. The van der Waals surface area contributed by atoms with Gasteiger partial charge in [-0.25, -0.2) is 13.8 Å². The molecule has 0 spiro atoms. The molecule has 0 heterocycles. The maximum Gasteiger partial charge on any atom is 0.264 e. The van der Waals surface area contributed by atoms with Crippen LogP contribution in [0.15, 0.2) is 82.8 Å². The number of anilines is 1. The fourth-order valence-corrected chi connectivity index (χ4v) is 4.30. The molecule has 31 heavy (non-hydrogen) atoms. The Balaban J connectivity index is 1.82. The van der Waals surface area contributed by atoms with Gasteiger partial charge in [-0.3, -0.25) is 9.10 Å². The van der Waals surface area contributed by atoms with Gasteiger partial charge < -0.3 is 0 Å². The van der Waals surface area contributed by atoms with E-state index >= 15 is 0 Å². The molecule has 0 atom stereocenters. The van der Waals surface area contributed by atoms with E-state index in [2.05, 4.69) is 10.5 Å². The Bertz CT molecular complexity index is 1170. The molecule has 0 saturated heterocycles. The van der Waals surface area contributed by atoms with Crippen LogP contribution in [0.25, 0.3) is 0 Å². The number of hydrogen-bond acceptors (Lipinski definition) is 4. The Morgan fingerprint density at radius 3 is 2.06 bits per heavy atom. The van der Waals surface area contributed by atoms with Crippen LogP contribution in [0.4, 0.5) is 5.69 Å². The van der Waals surface area contributed by atoms with E-state index in [0.717, 1.165) is 21.0 Å². The molecule has 3 aromatic carbocycles. The molecule has 1 N–H and O–H groups in total. The minimum Gasteiger partial charge on any atom is -0.271 e. The number of sulfonamides is 1. The third kappa shape index (κ3) is 5.93. The zero-order chi connectivity index (χ0) is 22.4. The number of hydrogen-bond donors (Lipinski definition) is 1. The number of halogens is 1. The zero-order valence-corrected chi connectivity index (χ0v) is 18.7. The molecule has 0 aliphatic carbocycles. The molecule has 0 saturated carbocycles. The van der Waals surface area contributed by atoms with E-state index < -0.39 is 22.5 Å². The van der Waals surface area contributed by atoms with Crippen molar-refractivity contribution < 1.29 is 13.2 Å². The number of hydrazone groups is 1. The third-order valence-corrected chi connectivity index (χ3v) is 6.53. The first kappa shape index (κ1) is 22.5. The minimum absolute atomic E-state index is 0.0356. The lowest BCUT2D eigenvalue weighted by molar-refractivity contribution is -0.119. The summed E-state index contributed by atoms with van der Waals surface area (Å²) in [6, 6.07) is 20.3. The molecule has 6 nitrogen and oxygen atoms in total. The summed E-state index contributed by atoms with van der Waals surface area (Å²) in [4.78, 5) is 12.6. The number of nitrogens with one attached hydrogen (secondary N) is 1. The molecule has 0 aliphatic heterocycles. The average molecular weight is 456 g/mol.